The Balaban J connectivity index is 1.35. The van der Waals surface area contributed by atoms with Gasteiger partial charge in [0.15, 0.2) is 0 Å². The Morgan fingerprint density at radius 2 is 1.70 bits per heavy atom. The van der Waals surface area contributed by atoms with Gasteiger partial charge in [0.2, 0.25) is 5.91 Å². The monoisotopic (exact) mass is 384 g/mol. The number of aromatic nitrogens is 1. The maximum atomic E-state index is 13.0. The van der Waals surface area contributed by atoms with Crippen LogP contribution in [0, 0.1) is 23.2 Å². The fourth-order valence-electron chi connectivity index (χ4n) is 6.55. The summed E-state index contributed by atoms with van der Waals surface area (Å²) in [7, 11) is 0. The summed E-state index contributed by atoms with van der Waals surface area (Å²) in [6, 6.07) is 7.31. The maximum absolute atomic E-state index is 13.0. The van der Waals surface area contributed by atoms with Crippen LogP contribution in [0.2, 0.25) is 0 Å². The third kappa shape index (κ3) is 2.77. The second-order valence-corrected chi connectivity index (χ2v) is 10.4. The fraction of sp³-hybridized carbons (Fsp3) is 0.636. The molecule has 4 aliphatic carbocycles. The number of fused-ring (bicyclic) bond motifs is 1. The zero-order chi connectivity index (χ0) is 18.8. The van der Waals surface area contributed by atoms with Crippen LogP contribution in [0.1, 0.15) is 58.4 Å². The van der Waals surface area contributed by atoms with Gasteiger partial charge in [-0.25, -0.2) is 0 Å². The number of carbonyl (C=O) groups is 1. The highest BCUT2D eigenvalue weighted by molar-refractivity contribution is 7.14. The Morgan fingerprint density at radius 3 is 2.30 bits per heavy atom. The number of carbonyl (C=O) groups excluding carboxylic acids is 1. The summed E-state index contributed by atoms with van der Waals surface area (Å²) in [5.74, 6) is 2.60. The molecule has 4 saturated carbocycles. The van der Waals surface area contributed by atoms with Crippen molar-refractivity contribution in [1.29, 1.82) is 0 Å². The smallest absolute Gasteiger partial charge is 0.269 e. The van der Waals surface area contributed by atoms with E-state index in [4.69, 9.17) is 0 Å². The number of amides is 1. The van der Waals surface area contributed by atoms with Crippen LogP contribution in [0.4, 0.5) is 0 Å². The van der Waals surface area contributed by atoms with Crippen molar-refractivity contribution in [1.82, 2.24) is 9.27 Å². The van der Waals surface area contributed by atoms with Crippen molar-refractivity contribution in [2.45, 2.75) is 64.5 Å². The highest BCUT2D eigenvalue weighted by Crippen LogP contribution is 2.61. The molecule has 0 aliphatic heterocycles. The quantitative estimate of drug-likeness (QED) is 0.852. The van der Waals surface area contributed by atoms with Gasteiger partial charge in [-0.2, -0.15) is 0 Å². The molecule has 0 spiro atoms. The van der Waals surface area contributed by atoms with E-state index in [9.17, 15) is 9.59 Å². The minimum Gasteiger partial charge on any atom is -0.351 e. The van der Waals surface area contributed by atoms with E-state index in [-0.39, 0.29) is 22.9 Å². The summed E-state index contributed by atoms with van der Waals surface area (Å²) in [4.78, 5) is 25.7. The van der Waals surface area contributed by atoms with Crippen LogP contribution in [0.3, 0.4) is 0 Å². The van der Waals surface area contributed by atoms with Crippen molar-refractivity contribution >= 4 is 27.5 Å². The SMILES string of the molecule is CC(C(=O)NC(C)C12CC3CC(CC(C3)C1)C2)n1sc2ccccc2c1=O. The van der Waals surface area contributed by atoms with Crippen LogP contribution in [-0.2, 0) is 4.79 Å². The van der Waals surface area contributed by atoms with E-state index in [1.54, 1.807) is 3.96 Å². The summed E-state index contributed by atoms with van der Waals surface area (Å²) >= 11 is 1.39. The molecule has 5 heteroatoms. The fourth-order valence-corrected chi connectivity index (χ4v) is 7.59. The molecule has 1 N–H and O–H groups in total. The summed E-state index contributed by atoms with van der Waals surface area (Å²) in [6.45, 7) is 4.05. The van der Waals surface area contributed by atoms with Crippen molar-refractivity contribution < 1.29 is 4.79 Å². The Labute approximate surface area is 164 Å². The van der Waals surface area contributed by atoms with Crippen LogP contribution in [0.25, 0.3) is 10.1 Å². The second-order valence-electron chi connectivity index (χ2n) is 9.40. The second kappa shape index (κ2) is 6.20. The predicted octanol–water partition coefficient (Wildman–Crippen LogP) is 4.35. The summed E-state index contributed by atoms with van der Waals surface area (Å²) in [5.41, 5.74) is 0.232. The molecule has 144 valence electrons. The van der Waals surface area contributed by atoms with E-state index in [0.29, 0.717) is 5.39 Å². The first-order chi connectivity index (χ1) is 12.9. The molecule has 1 heterocycles. The van der Waals surface area contributed by atoms with Gasteiger partial charge in [-0.15, -0.1) is 0 Å². The van der Waals surface area contributed by atoms with Gasteiger partial charge in [-0.3, -0.25) is 13.5 Å². The first-order valence-corrected chi connectivity index (χ1v) is 11.1. The van der Waals surface area contributed by atoms with Crippen molar-refractivity contribution in [2.75, 3.05) is 0 Å². The molecule has 27 heavy (non-hydrogen) atoms. The van der Waals surface area contributed by atoms with Gasteiger partial charge in [0.1, 0.15) is 6.04 Å². The molecule has 1 aromatic carbocycles. The molecule has 2 aromatic rings. The summed E-state index contributed by atoms with van der Waals surface area (Å²) < 4.78 is 2.57. The van der Waals surface area contributed by atoms with Gasteiger partial charge in [0.05, 0.1) is 10.1 Å². The molecule has 2 unspecified atom stereocenters. The average molecular weight is 385 g/mol. The van der Waals surface area contributed by atoms with E-state index < -0.39 is 6.04 Å². The first kappa shape index (κ1) is 17.5. The van der Waals surface area contributed by atoms with E-state index in [1.165, 1.54) is 50.1 Å². The van der Waals surface area contributed by atoms with Crippen molar-refractivity contribution in [3.8, 4) is 0 Å². The number of hydrogen-bond donors (Lipinski definition) is 1. The van der Waals surface area contributed by atoms with Crippen molar-refractivity contribution in [2.24, 2.45) is 23.2 Å². The van der Waals surface area contributed by atoms with Crippen LogP contribution in [0.15, 0.2) is 29.1 Å². The Hall–Kier alpha value is -1.62. The number of nitrogens with zero attached hydrogens (tertiary/aromatic N) is 1. The maximum Gasteiger partial charge on any atom is 0.269 e. The molecule has 0 radical (unpaired) electrons. The topological polar surface area (TPSA) is 51.1 Å². The Kier molecular flexibility index (Phi) is 4.01. The van der Waals surface area contributed by atoms with E-state index >= 15 is 0 Å². The summed E-state index contributed by atoms with van der Waals surface area (Å²) in [6.07, 6.45) is 8.06. The lowest BCUT2D eigenvalue weighted by atomic mass is 9.48. The van der Waals surface area contributed by atoms with Crippen LogP contribution >= 0.6 is 11.5 Å². The largest absolute Gasteiger partial charge is 0.351 e. The first-order valence-electron chi connectivity index (χ1n) is 10.4. The van der Waals surface area contributed by atoms with Crippen molar-refractivity contribution in [3.63, 3.8) is 0 Å². The highest BCUT2D eigenvalue weighted by atomic mass is 32.1. The van der Waals surface area contributed by atoms with Gasteiger partial charge >= 0.3 is 0 Å². The summed E-state index contributed by atoms with van der Waals surface area (Å²) in [5, 5.41) is 4.02. The number of benzene rings is 1. The van der Waals surface area contributed by atoms with Gasteiger partial charge in [-0.05, 0) is 87.7 Å². The molecular formula is C22H28N2O2S. The molecule has 4 aliphatic rings. The van der Waals surface area contributed by atoms with E-state index in [0.717, 1.165) is 22.5 Å². The number of nitrogens with one attached hydrogen (secondary N) is 1. The van der Waals surface area contributed by atoms with Crippen LogP contribution in [0.5, 0.6) is 0 Å². The number of rotatable bonds is 4. The minimum atomic E-state index is -0.466. The highest BCUT2D eigenvalue weighted by Gasteiger charge is 2.53. The van der Waals surface area contributed by atoms with E-state index in [1.807, 2.05) is 31.2 Å². The van der Waals surface area contributed by atoms with Crippen LogP contribution < -0.4 is 10.9 Å². The lowest BCUT2D eigenvalue weighted by Gasteiger charge is -2.59. The molecule has 1 aromatic heterocycles. The van der Waals surface area contributed by atoms with Gasteiger partial charge in [-0.1, -0.05) is 23.7 Å². The molecule has 4 nitrogen and oxygen atoms in total. The Morgan fingerprint density at radius 1 is 1.11 bits per heavy atom. The van der Waals surface area contributed by atoms with Crippen LogP contribution in [-0.4, -0.2) is 15.9 Å². The van der Waals surface area contributed by atoms with E-state index in [2.05, 4.69) is 12.2 Å². The van der Waals surface area contributed by atoms with Gasteiger partial charge < -0.3 is 5.32 Å². The standard InChI is InChI=1S/C22H28N2O2S/c1-13(24-21(26)18-5-3-4-6-19(18)27-24)20(25)23-14(2)22-10-15-7-16(11-22)9-17(8-15)12-22/h3-6,13-17H,7-12H2,1-2H3,(H,23,25). The molecule has 4 fully saturated rings. The zero-order valence-corrected chi connectivity index (χ0v) is 16.9. The third-order valence-electron chi connectivity index (χ3n) is 7.61. The molecule has 0 saturated heterocycles. The lowest BCUT2D eigenvalue weighted by molar-refractivity contribution is -0.128. The molecule has 6 rings (SSSR count). The minimum absolute atomic E-state index is 0.0214. The molecular weight excluding hydrogens is 356 g/mol. The molecule has 2 atom stereocenters. The molecule has 4 bridgehead atoms. The zero-order valence-electron chi connectivity index (χ0n) is 16.1. The normalized spacial score (nSPS) is 33.9. The van der Waals surface area contributed by atoms with Crippen molar-refractivity contribution in [3.05, 3.63) is 34.6 Å². The van der Waals surface area contributed by atoms with Gasteiger partial charge in [0, 0.05) is 6.04 Å². The van der Waals surface area contributed by atoms with Gasteiger partial charge in [0.25, 0.3) is 5.56 Å². The predicted molar refractivity (Wildman–Crippen MR) is 109 cm³/mol. The molecule has 1 amide bonds. The third-order valence-corrected chi connectivity index (χ3v) is 8.84. The average Bonchev–Trinajstić information content (AvgIpc) is 2.97. The number of hydrogen-bond acceptors (Lipinski definition) is 3. The lowest BCUT2D eigenvalue weighted by Crippen LogP contribution is -2.56. The Bertz CT molecular complexity index is 908.